The Bertz CT molecular complexity index is 544. The number of aliphatic hydroxyl groups is 1. The fourth-order valence-corrected chi connectivity index (χ4v) is 3.02. The lowest BCUT2D eigenvalue weighted by Crippen LogP contribution is -2.36. The Kier molecular flexibility index (Phi) is 6.80. The molecule has 0 aliphatic carbocycles. The first-order valence-electron chi connectivity index (χ1n) is 7.22. The number of hydrogen-bond acceptors (Lipinski definition) is 4. The molecule has 0 saturated heterocycles. The molecule has 0 bridgehead atoms. The summed E-state index contributed by atoms with van der Waals surface area (Å²) in [5.74, 6) is 0.392. The highest BCUT2D eigenvalue weighted by molar-refractivity contribution is 7.89. The summed E-state index contributed by atoms with van der Waals surface area (Å²) in [6.45, 7) is 6.33. The van der Waals surface area contributed by atoms with Crippen LogP contribution in [0.3, 0.4) is 0 Å². The zero-order chi connectivity index (χ0) is 16.0. The van der Waals surface area contributed by atoms with Crippen molar-refractivity contribution >= 4 is 10.0 Å². The maximum absolute atomic E-state index is 11.8. The summed E-state index contributed by atoms with van der Waals surface area (Å²) in [7, 11) is -2.02. The van der Waals surface area contributed by atoms with E-state index in [0.29, 0.717) is 12.3 Å². The SMILES string of the molecule is CNS(=O)(=O)c1cccc(C(C)NC(CCO)C(C)C)c1. The number of sulfonamides is 1. The summed E-state index contributed by atoms with van der Waals surface area (Å²) >= 11 is 0. The van der Waals surface area contributed by atoms with Crippen molar-refractivity contribution in [3.8, 4) is 0 Å². The van der Waals surface area contributed by atoms with E-state index in [0.717, 1.165) is 5.56 Å². The molecule has 21 heavy (non-hydrogen) atoms. The monoisotopic (exact) mass is 314 g/mol. The number of benzene rings is 1. The third-order valence-corrected chi connectivity index (χ3v) is 5.06. The topological polar surface area (TPSA) is 78.4 Å². The lowest BCUT2D eigenvalue weighted by molar-refractivity contribution is 0.237. The van der Waals surface area contributed by atoms with Gasteiger partial charge in [0.15, 0.2) is 0 Å². The van der Waals surface area contributed by atoms with Gasteiger partial charge in [0.25, 0.3) is 0 Å². The van der Waals surface area contributed by atoms with Crippen LogP contribution < -0.4 is 10.0 Å². The van der Waals surface area contributed by atoms with Gasteiger partial charge in [0.2, 0.25) is 10.0 Å². The Morgan fingerprint density at radius 3 is 2.43 bits per heavy atom. The molecule has 6 heteroatoms. The normalized spacial score (nSPS) is 15.1. The fraction of sp³-hybridized carbons (Fsp3) is 0.600. The van der Waals surface area contributed by atoms with Crippen LogP contribution in [0.5, 0.6) is 0 Å². The molecule has 3 N–H and O–H groups in total. The van der Waals surface area contributed by atoms with Crippen molar-refractivity contribution in [2.45, 2.75) is 44.2 Å². The van der Waals surface area contributed by atoms with E-state index in [1.165, 1.54) is 7.05 Å². The Balaban J connectivity index is 2.92. The Hall–Kier alpha value is -0.950. The van der Waals surface area contributed by atoms with Crippen molar-refractivity contribution in [2.24, 2.45) is 5.92 Å². The highest BCUT2D eigenvalue weighted by Gasteiger charge is 2.18. The second-order valence-electron chi connectivity index (χ2n) is 5.53. The molecule has 120 valence electrons. The highest BCUT2D eigenvalue weighted by Crippen LogP contribution is 2.19. The molecule has 2 unspecified atom stereocenters. The molecule has 0 aliphatic heterocycles. The Labute approximate surface area is 127 Å². The number of rotatable bonds is 8. The molecule has 0 spiro atoms. The van der Waals surface area contributed by atoms with E-state index >= 15 is 0 Å². The van der Waals surface area contributed by atoms with Gasteiger partial charge in [-0.1, -0.05) is 26.0 Å². The maximum atomic E-state index is 11.8. The zero-order valence-electron chi connectivity index (χ0n) is 13.1. The van der Waals surface area contributed by atoms with E-state index < -0.39 is 10.0 Å². The molecule has 1 aromatic rings. The van der Waals surface area contributed by atoms with E-state index in [9.17, 15) is 8.42 Å². The van der Waals surface area contributed by atoms with Crippen molar-refractivity contribution in [2.75, 3.05) is 13.7 Å². The Morgan fingerprint density at radius 2 is 1.90 bits per heavy atom. The molecule has 0 radical (unpaired) electrons. The van der Waals surface area contributed by atoms with Crippen LogP contribution in [0, 0.1) is 5.92 Å². The van der Waals surface area contributed by atoms with Gasteiger partial charge in [0, 0.05) is 18.7 Å². The predicted octanol–water partition coefficient (Wildman–Crippen LogP) is 1.65. The summed E-state index contributed by atoms with van der Waals surface area (Å²) in [6, 6.07) is 7.11. The molecule has 0 aliphatic rings. The van der Waals surface area contributed by atoms with Gasteiger partial charge in [-0.15, -0.1) is 0 Å². The van der Waals surface area contributed by atoms with Gasteiger partial charge in [-0.3, -0.25) is 0 Å². The van der Waals surface area contributed by atoms with Crippen LogP contribution >= 0.6 is 0 Å². The van der Waals surface area contributed by atoms with Gasteiger partial charge in [-0.2, -0.15) is 0 Å². The average molecular weight is 314 g/mol. The molecule has 0 fully saturated rings. The Morgan fingerprint density at radius 1 is 1.24 bits per heavy atom. The summed E-state index contributed by atoms with van der Waals surface area (Å²) < 4.78 is 26.0. The van der Waals surface area contributed by atoms with E-state index in [4.69, 9.17) is 5.11 Å². The second-order valence-corrected chi connectivity index (χ2v) is 7.42. The third kappa shape index (κ3) is 5.07. The van der Waals surface area contributed by atoms with Crippen LogP contribution in [-0.2, 0) is 10.0 Å². The average Bonchev–Trinajstić information content (AvgIpc) is 2.46. The zero-order valence-corrected chi connectivity index (χ0v) is 13.9. The smallest absolute Gasteiger partial charge is 0.240 e. The molecule has 0 saturated carbocycles. The van der Waals surface area contributed by atoms with E-state index in [2.05, 4.69) is 23.9 Å². The molecule has 2 atom stereocenters. The van der Waals surface area contributed by atoms with Crippen molar-refractivity contribution in [3.05, 3.63) is 29.8 Å². The second kappa shape index (κ2) is 7.89. The van der Waals surface area contributed by atoms with Gasteiger partial charge >= 0.3 is 0 Å². The summed E-state index contributed by atoms with van der Waals surface area (Å²) in [4.78, 5) is 0.263. The van der Waals surface area contributed by atoms with Gasteiger partial charge in [0.1, 0.15) is 0 Å². The number of hydrogen-bond donors (Lipinski definition) is 3. The molecular formula is C15H26N2O3S. The molecule has 0 heterocycles. The number of nitrogens with one attached hydrogen (secondary N) is 2. The maximum Gasteiger partial charge on any atom is 0.240 e. The fourth-order valence-electron chi connectivity index (χ4n) is 2.23. The summed E-state index contributed by atoms with van der Waals surface area (Å²) in [5, 5.41) is 12.6. The van der Waals surface area contributed by atoms with Gasteiger partial charge in [0.05, 0.1) is 4.90 Å². The lowest BCUT2D eigenvalue weighted by Gasteiger charge is -2.26. The quantitative estimate of drug-likeness (QED) is 0.682. The van der Waals surface area contributed by atoms with E-state index in [1.807, 2.05) is 13.0 Å². The standard InChI is InChI=1S/C15H26N2O3S/c1-11(2)15(8-9-18)17-12(3)13-6-5-7-14(10-13)21(19,20)16-4/h5-7,10-12,15-18H,8-9H2,1-4H3. The van der Waals surface area contributed by atoms with Crippen molar-refractivity contribution in [1.29, 1.82) is 0 Å². The lowest BCUT2D eigenvalue weighted by atomic mass is 9.98. The van der Waals surface area contributed by atoms with Crippen LogP contribution in [0.15, 0.2) is 29.2 Å². The van der Waals surface area contributed by atoms with Crippen molar-refractivity contribution in [1.82, 2.24) is 10.0 Å². The van der Waals surface area contributed by atoms with Crippen LogP contribution in [0.4, 0.5) is 0 Å². The van der Waals surface area contributed by atoms with E-state index in [1.54, 1.807) is 18.2 Å². The van der Waals surface area contributed by atoms with Crippen LogP contribution in [-0.4, -0.2) is 33.2 Å². The minimum absolute atomic E-state index is 0.0101. The third-order valence-electron chi connectivity index (χ3n) is 3.65. The molecule has 0 aromatic heterocycles. The predicted molar refractivity (Wildman–Crippen MR) is 84.6 cm³/mol. The van der Waals surface area contributed by atoms with Crippen LogP contribution in [0.1, 0.15) is 38.8 Å². The van der Waals surface area contributed by atoms with Crippen LogP contribution in [0.25, 0.3) is 0 Å². The molecule has 5 nitrogen and oxygen atoms in total. The molecular weight excluding hydrogens is 288 g/mol. The van der Waals surface area contributed by atoms with E-state index in [-0.39, 0.29) is 23.6 Å². The first-order chi connectivity index (χ1) is 9.81. The molecule has 1 rings (SSSR count). The largest absolute Gasteiger partial charge is 0.396 e. The highest BCUT2D eigenvalue weighted by atomic mass is 32.2. The number of aliphatic hydroxyl groups excluding tert-OH is 1. The van der Waals surface area contributed by atoms with Gasteiger partial charge < -0.3 is 10.4 Å². The first-order valence-corrected chi connectivity index (χ1v) is 8.70. The minimum atomic E-state index is -3.43. The summed E-state index contributed by atoms with van der Waals surface area (Å²) in [5.41, 5.74) is 0.912. The van der Waals surface area contributed by atoms with Gasteiger partial charge in [-0.05, 0) is 44.0 Å². The minimum Gasteiger partial charge on any atom is -0.396 e. The van der Waals surface area contributed by atoms with Crippen LogP contribution in [0.2, 0.25) is 0 Å². The molecule has 1 aromatic carbocycles. The van der Waals surface area contributed by atoms with Gasteiger partial charge in [-0.25, -0.2) is 13.1 Å². The first kappa shape index (κ1) is 18.1. The van der Waals surface area contributed by atoms with Crippen molar-refractivity contribution < 1.29 is 13.5 Å². The van der Waals surface area contributed by atoms with Crippen molar-refractivity contribution in [3.63, 3.8) is 0 Å². The molecule has 0 amide bonds. The summed E-state index contributed by atoms with van der Waals surface area (Å²) in [6.07, 6.45) is 0.677.